The Morgan fingerprint density at radius 2 is 1.73 bits per heavy atom. The fourth-order valence-electron chi connectivity index (χ4n) is 3.33. The van der Waals surface area contributed by atoms with E-state index in [1.54, 1.807) is 68.7 Å². The van der Waals surface area contributed by atoms with E-state index in [0.29, 0.717) is 32.8 Å². The first-order chi connectivity index (χ1) is 14.4. The predicted molar refractivity (Wildman–Crippen MR) is 115 cm³/mol. The lowest BCUT2D eigenvalue weighted by Crippen LogP contribution is -2.06. The van der Waals surface area contributed by atoms with Crippen LogP contribution in [0.4, 0.5) is 4.39 Å². The molecular weight excluding hydrogens is 405 g/mol. The normalized spacial score (nSPS) is 10.9. The first-order valence-electron chi connectivity index (χ1n) is 9.20. The van der Waals surface area contributed by atoms with Gasteiger partial charge in [-0.15, -0.1) is 0 Å². The van der Waals surface area contributed by atoms with Crippen molar-refractivity contribution in [2.24, 2.45) is 0 Å². The molecule has 0 saturated heterocycles. The topological polar surface area (TPSA) is 63.3 Å². The molecule has 0 amide bonds. The zero-order chi connectivity index (χ0) is 21.4. The second-order valence-corrected chi connectivity index (χ2v) is 7.37. The average Bonchev–Trinajstić information content (AvgIpc) is 2.74. The van der Waals surface area contributed by atoms with Crippen LogP contribution in [0.1, 0.15) is 11.1 Å². The third kappa shape index (κ3) is 3.48. The molecule has 0 aliphatic rings. The number of halogens is 2. The van der Waals surface area contributed by atoms with Crippen LogP contribution in [-0.2, 0) is 0 Å². The van der Waals surface area contributed by atoms with Crippen LogP contribution in [-0.4, -0.2) is 10.1 Å². The smallest absolute Gasteiger partial charge is 0.347 e. The number of nitrogens with zero attached hydrogens (tertiary/aromatic N) is 1. The summed E-state index contributed by atoms with van der Waals surface area (Å²) in [5.74, 6) is -0.236. The molecule has 6 heteroatoms. The Balaban J connectivity index is 1.78. The van der Waals surface area contributed by atoms with Crippen LogP contribution in [0.3, 0.4) is 0 Å². The lowest BCUT2D eigenvalue weighted by atomic mass is 9.98. The third-order valence-electron chi connectivity index (χ3n) is 4.99. The number of aromatic nitrogens is 1. The highest BCUT2D eigenvalue weighted by Crippen LogP contribution is 2.36. The van der Waals surface area contributed by atoms with Gasteiger partial charge in [0, 0.05) is 29.1 Å². The maximum Gasteiger partial charge on any atom is 0.347 e. The number of benzene rings is 2. The second-order valence-electron chi connectivity index (χ2n) is 6.97. The zero-order valence-corrected chi connectivity index (χ0v) is 17.0. The SMILES string of the molecule is Cc1cc(-c2ccc(-c3c(O)c(C)c(-c4cccnc4)oc3=O)cc2)c(Cl)cc1F. The molecule has 0 saturated carbocycles. The summed E-state index contributed by atoms with van der Waals surface area (Å²) in [7, 11) is 0. The Morgan fingerprint density at radius 1 is 1.03 bits per heavy atom. The minimum Gasteiger partial charge on any atom is -0.507 e. The fraction of sp³-hybridized carbons (Fsp3) is 0.0833. The molecule has 0 radical (unpaired) electrons. The molecule has 2 aromatic carbocycles. The summed E-state index contributed by atoms with van der Waals surface area (Å²) in [5, 5.41) is 11.0. The van der Waals surface area contributed by atoms with Crippen LogP contribution in [0.5, 0.6) is 5.75 Å². The third-order valence-corrected chi connectivity index (χ3v) is 5.30. The minimum absolute atomic E-state index is 0.0769. The highest BCUT2D eigenvalue weighted by atomic mass is 35.5. The van der Waals surface area contributed by atoms with E-state index in [0.717, 1.165) is 5.56 Å². The summed E-state index contributed by atoms with van der Waals surface area (Å²) in [6, 6.07) is 13.3. The number of aryl methyl sites for hydroxylation is 1. The molecule has 4 nitrogen and oxygen atoms in total. The molecule has 0 atom stereocenters. The molecule has 30 heavy (non-hydrogen) atoms. The van der Waals surface area contributed by atoms with Crippen LogP contribution in [0.15, 0.2) is 70.1 Å². The van der Waals surface area contributed by atoms with Gasteiger partial charge in [0.2, 0.25) is 0 Å². The van der Waals surface area contributed by atoms with Gasteiger partial charge in [-0.3, -0.25) is 4.98 Å². The summed E-state index contributed by atoms with van der Waals surface area (Å²) < 4.78 is 19.2. The van der Waals surface area contributed by atoms with E-state index in [9.17, 15) is 14.3 Å². The van der Waals surface area contributed by atoms with Crippen LogP contribution >= 0.6 is 11.6 Å². The number of hydrogen-bond acceptors (Lipinski definition) is 4. The van der Waals surface area contributed by atoms with Gasteiger partial charge in [0.1, 0.15) is 22.9 Å². The van der Waals surface area contributed by atoms with E-state index < -0.39 is 5.63 Å². The monoisotopic (exact) mass is 421 g/mol. The number of hydrogen-bond donors (Lipinski definition) is 1. The van der Waals surface area contributed by atoms with Gasteiger partial charge in [-0.1, -0.05) is 35.9 Å². The maximum atomic E-state index is 13.7. The molecule has 0 fully saturated rings. The van der Waals surface area contributed by atoms with E-state index in [-0.39, 0.29) is 22.9 Å². The molecular formula is C24H17ClFNO3. The highest BCUT2D eigenvalue weighted by Gasteiger charge is 2.19. The molecule has 4 aromatic rings. The largest absolute Gasteiger partial charge is 0.507 e. The molecule has 4 rings (SSSR count). The lowest BCUT2D eigenvalue weighted by molar-refractivity contribution is 0.450. The Hall–Kier alpha value is -3.44. The van der Waals surface area contributed by atoms with Crippen molar-refractivity contribution >= 4 is 11.6 Å². The first kappa shape index (κ1) is 19.9. The van der Waals surface area contributed by atoms with Crippen LogP contribution in [0.2, 0.25) is 5.02 Å². The standard InChI is InChI=1S/C24H17ClFNO3/c1-13-10-18(19(25)11-20(13)26)15-5-7-16(8-6-15)21-22(28)14(2)23(30-24(21)29)17-4-3-9-27-12-17/h3-12,28H,1-2H3. The van der Waals surface area contributed by atoms with E-state index in [4.69, 9.17) is 16.0 Å². The van der Waals surface area contributed by atoms with E-state index in [2.05, 4.69) is 4.98 Å². The summed E-state index contributed by atoms with van der Waals surface area (Å²) >= 11 is 6.19. The summed E-state index contributed by atoms with van der Waals surface area (Å²) in [4.78, 5) is 16.7. The molecule has 1 N–H and O–H groups in total. The van der Waals surface area contributed by atoms with Gasteiger partial charge in [-0.2, -0.15) is 0 Å². The zero-order valence-electron chi connectivity index (χ0n) is 16.2. The summed E-state index contributed by atoms with van der Waals surface area (Å²) in [6.45, 7) is 3.35. The Kier molecular flexibility index (Phi) is 5.14. The number of aromatic hydroxyl groups is 1. The highest BCUT2D eigenvalue weighted by molar-refractivity contribution is 6.33. The van der Waals surface area contributed by atoms with Crippen molar-refractivity contribution in [2.45, 2.75) is 13.8 Å². The molecule has 2 heterocycles. The molecule has 0 aliphatic carbocycles. The Bertz CT molecular complexity index is 1300. The van der Waals surface area contributed by atoms with Crippen LogP contribution in [0.25, 0.3) is 33.6 Å². The Labute approximate surface area is 177 Å². The van der Waals surface area contributed by atoms with Gasteiger partial charge >= 0.3 is 5.63 Å². The summed E-state index contributed by atoms with van der Waals surface area (Å²) in [6.07, 6.45) is 3.18. The van der Waals surface area contributed by atoms with Crippen LogP contribution < -0.4 is 5.63 Å². The summed E-state index contributed by atoms with van der Waals surface area (Å²) in [5.41, 5.74) is 2.90. The van der Waals surface area contributed by atoms with Crippen molar-refractivity contribution in [3.05, 3.63) is 93.3 Å². The van der Waals surface area contributed by atoms with Crippen molar-refractivity contribution in [3.63, 3.8) is 0 Å². The van der Waals surface area contributed by atoms with Gasteiger partial charge in [0.15, 0.2) is 0 Å². The molecule has 0 spiro atoms. The average molecular weight is 422 g/mol. The van der Waals surface area contributed by atoms with Crippen LogP contribution in [0, 0.1) is 19.7 Å². The fourth-order valence-corrected chi connectivity index (χ4v) is 3.59. The van der Waals surface area contributed by atoms with Crippen molar-refractivity contribution in [1.29, 1.82) is 0 Å². The molecule has 2 aromatic heterocycles. The van der Waals surface area contributed by atoms with Gasteiger partial charge in [0.25, 0.3) is 0 Å². The van der Waals surface area contributed by atoms with E-state index >= 15 is 0 Å². The molecule has 0 bridgehead atoms. The maximum absolute atomic E-state index is 13.7. The van der Waals surface area contributed by atoms with Gasteiger partial charge in [0.05, 0.1) is 5.02 Å². The molecule has 0 aliphatic heterocycles. The van der Waals surface area contributed by atoms with Crippen molar-refractivity contribution in [1.82, 2.24) is 4.98 Å². The first-order valence-corrected chi connectivity index (χ1v) is 9.58. The quantitative estimate of drug-likeness (QED) is 0.431. The predicted octanol–water partition coefficient (Wildman–Crippen LogP) is 6.15. The van der Waals surface area contributed by atoms with Crippen molar-refractivity contribution in [3.8, 4) is 39.3 Å². The lowest BCUT2D eigenvalue weighted by Gasteiger charge is -2.11. The number of pyridine rings is 1. The van der Waals surface area contributed by atoms with Gasteiger partial charge in [-0.05, 0) is 54.8 Å². The minimum atomic E-state index is -0.652. The number of rotatable bonds is 3. The molecule has 0 unspecified atom stereocenters. The van der Waals surface area contributed by atoms with Crippen molar-refractivity contribution in [2.75, 3.05) is 0 Å². The van der Waals surface area contributed by atoms with E-state index in [1.165, 1.54) is 6.07 Å². The second kappa shape index (κ2) is 7.76. The van der Waals surface area contributed by atoms with Gasteiger partial charge in [-0.25, -0.2) is 9.18 Å². The van der Waals surface area contributed by atoms with Crippen molar-refractivity contribution < 1.29 is 13.9 Å². The Morgan fingerprint density at radius 3 is 2.40 bits per heavy atom. The van der Waals surface area contributed by atoms with E-state index in [1.807, 2.05) is 0 Å². The van der Waals surface area contributed by atoms with Gasteiger partial charge < -0.3 is 9.52 Å². The molecule has 150 valence electrons.